The monoisotopic (exact) mass is 216 g/mol. The number of carbonyl (C=O) groups excluding carboxylic acids is 1. The minimum Gasteiger partial charge on any atom is -0.356 e. The van der Waals surface area contributed by atoms with Crippen molar-refractivity contribution in [3.63, 3.8) is 0 Å². The molecule has 0 aromatic rings. The summed E-state index contributed by atoms with van der Waals surface area (Å²) in [6.45, 7) is 2.75. The van der Waals surface area contributed by atoms with E-state index < -0.39 is 0 Å². The van der Waals surface area contributed by atoms with Crippen molar-refractivity contribution >= 4 is 17.7 Å². The minimum absolute atomic E-state index is 0.207. The predicted octanol–water partition coefficient (Wildman–Crippen LogP) is 0.855. The van der Waals surface area contributed by atoms with Crippen LogP contribution >= 0.6 is 11.8 Å². The summed E-state index contributed by atoms with van der Waals surface area (Å²) >= 11 is 1.83. The van der Waals surface area contributed by atoms with Crippen LogP contribution in [-0.2, 0) is 4.79 Å². The maximum absolute atomic E-state index is 11.6. The lowest BCUT2D eigenvalue weighted by atomic mass is 9.99. The predicted molar refractivity (Wildman–Crippen MR) is 61.6 cm³/mol. The molecular formula is C10H20N2OS. The van der Waals surface area contributed by atoms with Crippen molar-refractivity contribution in [1.29, 1.82) is 0 Å². The Hall–Kier alpha value is -0.220. The number of rotatable bonds is 5. The molecule has 1 saturated heterocycles. The second-order valence-electron chi connectivity index (χ2n) is 3.68. The number of hydrogen-bond donors (Lipinski definition) is 2. The molecule has 1 fully saturated rings. The topological polar surface area (TPSA) is 41.1 Å². The van der Waals surface area contributed by atoms with E-state index in [1.807, 2.05) is 11.8 Å². The quantitative estimate of drug-likeness (QED) is 0.670. The fourth-order valence-electron chi connectivity index (χ4n) is 1.65. The van der Waals surface area contributed by atoms with E-state index in [0.29, 0.717) is 0 Å². The zero-order valence-corrected chi connectivity index (χ0v) is 9.66. The van der Waals surface area contributed by atoms with E-state index in [1.165, 1.54) is 0 Å². The lowest BCUT2D eigenvalue weighted by molar-refractivity contribution is -0.125. The molecule has 82 valence electrons. The molecule has 0 aromatic carbocycles. The lowest BCUT2D eigenvalue weighted by Gasteiger charge is -2.21. The van der Waals surface area contributed by atoms with E-state index in [1.54, 1.807) is 0 Å². The molecule has 3 nitrogen and oxygen atoms in total. The van der Waals surface area contributed by atoms with Gasteiger partial charge in [-0.1, -0.05) is 0 Å². The van der Waals surface area contributed by atoms with Gasteiger partial charge in [-0.15, -0.1) is 0 Å². The highest BCUT2D eigenvalue weighted by molar-refractivity contribution is 7.98. The summed E-state index contributed by atoms with van der Waals surface area (Å²) in [5, 5.41) is 6.25. The first-order valence-corrected chi connectivity index (χ1v) is 6.71. The summed E-state index contributed by atoms with van der Waals surface area (Å²) in [7, 11) is 0. The zero-order valence-electron chi connectivity index (χ0n) is 8.84. The fraction of sp³-hybridized carbons (Fsp3) is 0.900. The molecule has 1 amide bonds. The molecule has 1 heterocycles. The van der Waals surface area contributed by atoms with Crippen LogP contribution in [0.15, 0.2) is 0 Å². The van der Waals surface area contributed by atoms with Crippen LogP contribution in [0.3, 0.4) is 0 Å². The number of thioether (sulfide) groups is 1. The Bertz CT molecular complexity index is 170. The minimum atomic E-state index is 0.207. The van der Waals surface area contributed by atoms with Crippen LogP contribution in [0.5, 0.6) is 0 Å². The first kappa shape index (κ1) is 11.9. The van der Waals surface area contributed by atoms with Crippen LogP contribution in [0.25, 0.3) is 0 Å². The summed E-state index contributed by atoms with van der Waals surface area (Å²) in [4.78, 5) is 11.6. The molecule has 14 heavy (non-hydrogen) atoms. The molecule has 1 aliphatic heterocycles. The summed E-state index contributed by atoms with van der Waals surface area (Å²) in [6, 6.07) is 0. The van der Waals surface area contributed by atoms with Crippen LogP contribution in [0.1, 0.15) is 19.3 Å². The number of nitrogens with one attached hydrogen (secondary N) is 2. The largest absolute Gasteiger partial charge is 0.356 e. The lowest BCUT2D eigenvalue weighted by Crippen LogP contribution is -2.40. The molecule has 1 rings (SSSR count). The Labute approximate surface area is 90.4 Å². The smallest absolute Gasteiger partial charge is 0.224 e. The highest BCUT2D eigenvalue weighted by atomic mass is 32.2. The van der Waals surface area contributed by atoms with Gasteiger partial charge in [0.25, 0.3) is 0 Å². The molecule has 0 aliphatic carbocycles. The van der Waals surface area contributed by atoms with Crippen LogP contribution in [-0.4, -0.2) is 37.6 Å². The van der Waals surface area contributed by atoms with Crippen LogP contribution in [0.4, 0.5) is 0 Å². The van der Waals surface area contributed by atoms with Gasteiger partial charge in [0.05, 0.1) is 5.92 Å². The standard InChI is InChI=1S/C10H20N2OS/c1-14-7-3-6-12-10(13)9-4-2-5-11-8-9/h9,11H,2-8H2,1H3,(H,12,13). The third-order valence-electron chi connectivity index (χ3n) is 2.49. The average molecular weight is 216 g/mol. The Morgan fingerprint density at radius 2 is 2.50 bits per heavy atom. The molecule has 0 bridgehead atoms. The first-order chi connectivity index (χ1) is 6.84. The zero-order chi connectivity index (χ0) is 10.2. The van der Waals surface area contributed by atoms with Gasteiger partial charge in [-0.3, -0.25) is 4.79 Å². The molecule has 1 aliphatic rings. The highest BCUT2D eigenvalue weighted by Crippen LogP contribution is 2.09. The van der Waals surface area contributed by atoms with E-state index in [4.69, 9.17) is 0 Å². The Kier molecular flexibility index (Phi) is 6.03. The maximum Gasteiger partial charge on any atom is 0.224 e. The second kappa shape index (κ2) is 7.12. The second-order valence-corrected chi connectivity index (χ2v) is 4.67. The number of amides is 1. The van der Waals surface area contributed by atoms with Gasteiger partial charge < -0.3 is 10.6 Å². The Balaban J connectivity index is 2.07. The third-order valence-corrected chi connectivity index (χ3v) is 3.19. The van der Waals surface area contributed by atoms with Crippen molar-refractivity contribution in [2.75, 3.05) is 31.6 Å². The molecule has 0 spiro atoms. The van der Waals surface area contributed by atoms with Crippen LogP contribution in [0.2, 0.25) is 0 Å². The van der Waals surface area contributed by atoms with Crippen molar-refractivity contribution in [3.05, 3.63) is 0 Å². The van der Waals surface area contributed by atoms with Crippen molar-refractivity contribution in [2.45, 2.75) is 19.3 Å². The summed E-state index contributed by atoms with van der Waals surface area (Å²) in [6.07, 6.45) is 5.34. The highest BCUT2D eigenvalue weighted by Gasteiger charge is 2.19. The molecule has 4 heteroatoms. The molecule has 0 saturated carbocycles. The van der Waals surface area contributed by atoms with Crippen molar-refractivity contribution in [3.8, 4) is 0 Å². The first-order valence-electron chi connectivity index (χ1n) is 5.32. The van der Waals surface area contributed by atoms with Crippen LogP contribution < -0.4 is 10.6 Å². The molecule has 2 N–H and O–H groups in total. The van der Waals surface area contributed by atoms with Gasteiger partial charge >= 0.3 is 0 Å². The van der Waals surface area contributed by atoms with Gasteiger partial charge in [0, 0.05) is 13.1 Å². The number of hydrogen-bond acceptors (Lipinski definition) is 3. The van der Waals surface area contributed by atoms with Gasteiger partial charge in [0.1, 0.15) is 0 Å². The van der Waals surface area contributed by atoms with E-state index in [2.05, 4.69) is 16.9 Å². The molecule has 0 aromatic heterocycles. The van der Waals surface area contributed by atoms with E-state index in [0.717, 1.165) is 44.6 Å². The van der Waals surface area contributed by atoms with E-state index in [9.17, 15) is 4.79 Å². The molecular weight excluding hydrogens is 196 g/mol. The Morgan fingerprint density at radius 3 is 3.14 bits per heavy atom. The summed E-state index contributed by atoms with van der Waals surface area (Å²) < 4.78 is 0. The molecule has 1 unspecified atom stereocenters. The van der Waals surface area contributed by atoms with Gasteiger partial charge in [-0.2, -0.15) is 11.8 Å². The van der Waals surface area contributed by atoms with Gasteiger partial charge in [-0.25, -0.2) is 0 Å². The third kappa shape index (κ3) is 4.33. The summed E-state index contributed by atoms with van der Waals surface area (Å²) in [5.74, 6) is 1.57. The fourth-order valence-corrected chi connectivity index (χ4v) is 2.08. The van der Waals surface area contributed by atoms with Gasteiger partial charge in [-0.05, 0) is 37.8 Å². The maximum atomic E-state index is 11.6. The average Bonchev–Trinajstić information content (AvgIpc) is 2.25. The van der Waals surface area contributed by atoms with Crippen LogP contribution in [0, 0.1) is 5.92 Å². The molecule has 0 radical (unpaired) electrons. The van der Waals surface area contributed by atoms with Gasteiger partial charge in [0.15, 0.2) is 0 Å². The SMILES string of the molecule is CSCCCNC(=O)C1CCCNC1. The summed E-state index contributed by atoms with van der Waals surface area (Å²) in [5.41, 5.74) is 0. The normalized spacial score (nSPS) is 21.9. The van der Waals surface area contributed by atoms with E-state index >= 15 is 0 Å². The molecule has 1 atom stereocenters. The Morgan fingerprint density at radius 1 is 1.64 bits per heavy atom. The van der Waals surface area contributed by atoms with Crippen molar-refractivity contribution < 1.29 is 4.79 Å². The van der Waals surface area contributed by atoms with Crippen molar-refractivity contribution in [1.82, 2.24) is 10.6 Å². The van der Waals surface area contributed by atoms with Crippen molar-refractivity contribution in [2.24, 2.45) is 5.92 Å². The number of carbonyl (C=O) groups is 1. The number of piperidine rings is 1. The van der Waals surface area contributed by atoms with Gasteiger partial charge in [0.2, 0.25) is 5.91 Å². The van der Waals surface area contributed by atoms with E-state index in [-0.39, 0.29) is 11.8 Å².